The molecule has 0 saturated heterocycles. The molecule has 0 spiro atoms. The van der Waals surface area contributed by atoms with Gasteiger partial charge in [0.2, 0.25) is 0 Å². The third-order valence-corrected chi connectivity index (χ3v) is 2.90. The Hall–Kier alpha value is -1.30. The van der Waals surface area contributed by atoms with E-state index in [2.05, 4.69) is 30.5 Å². The van der Waals surface area contributed by atoms with Gasteiger partial charge >= 0.3 is 0 Å². The molecule has 1 aliphatic rings. The molecular formula is C17H16NOY-. The molecule has 1 heterocycles. The Labute approximate surface area is 145 Å². The summed E-state index contributed by atoms with van der Waals surface area (Å²) in [5.41, 5.74) is 2.82. The topological polar surface area (TPSA) is 21.3 Å². The van der Waals surface area contributed by atoms with Gasteiger partial charge in [-0.05, 0) is 12.1 Å². The normalized spacial score (nSPS) is 17.1. The number of terminal acetylenes is 1. The molecule has 1 unspecified atom stereocenters. The van der Waals surface area contributed by atoms with Crippen LogP contribution in [0.15, 0.2) is 49.2 Å². The minimum atomic E-state index is 0. The first-order valence-electron chi connectivity index (χ1n) is 6.11. The van der Waals surface area contributed by atoms with Crippen molar-refractivity contribution in [3.63, 3.8) is 0 Å². The summed E-state index contributed by atoms with van der Waals surface area (Å²) in [6.07, 6.45) is 11.1. The zero-order chi connectivity index (χ0) is 13.7. The molecule has 0 aliphatic carbocycles. The van der Waals surface area contributed by atoms with Gasteiger partial charge in [-0.15, -0.1) is 24.3 Å². The summed E-state index contributed by atoms with van der Waals surface area (Å²) >= 11 is 0. The van der Waals surface area contributed by atoms with Gasteiger partial charge in [-0.1, -0.05) is 31.6 Å². The van der Waals surface area contributed by atoms with E-state index in [1.165, 1.54) is 0 Å². The Morgan fingerprint density at radius 2 is 2.15 bits per heavy atom. The first-order valence-corrected chi connectivity index (χ1v) is 6.11. The van der Waals surface area contributed by atoms with Gasteiger partial charge in [-0.2, -0.15) is 5.56 Å². The van der Waals surface area contributed by atoms with E-state index in [-0.39, 0.29) is 38.6 Å². The molecule has 1 aromatic carbocycles. The van der Waals surface area contributed by atoms with Gasteiger partial charge in [0, 0.05) is 44.3 Å². The van der Waals surface area contributed by atoms with Crippen molar-refractivity contribution in [1.82, 2.24) is 5.32 Å². The monoisotopic (exact) mass is 339 g/mol. The molecular weight excluding hydrogens is 323 g/mol. The van der Waals surface area contributed by atoms with Crippen LogP contribution in [0.5, 0.6) is 5.75 Å². The maximum atomic E-state index is 5.44. The van der Waals surface area contributed by atoms with E-state index in [1.807, 2.05) is 24.3 Å². The van der Waals surface area contributed by atoms with Gasteiger partial charge in [0.25, 0.3) is 0 Å². The molecule has 20 heavy (non-hydrogen) atoms. The molecule has 1 N–H and O–H groups in total. The number of allylic oxidation sites excluding steroid dienone is 2. The summed E-state index contributed by atoms with van der Waals surface area (Å²) in [7, 11) is 0. The van der Waals surface area contributed by atoms with Crippen molar-refractivity contribution in [1.29, 1.82) is 0 Å². The summed E-state index contributed by atoms with van der Waals surface area (Å²) in [4.78, 5) is 0. The van der Waals surface area contributed by atoms with E-state index in [1.54, 1.807) is 6.08 Å². The molecule has 1 radical (unpaired) electrons. The van der Waals surface area contributed by atoms with Crippen LogP contribution < -0.4 is 10.1 Å². The van der Waals surface area contributed by atoms with Crippen LogP contribution in [0.2, 0.25) is 0 Å². The van der Waals surface area contributed by atoms with E-state index in [0.29, 0.717) is 13.0 Å². The molecule has 1 aromatic rings. The quantitative estimate of drug-likeness (QED) is 0.517. The predicted molar refractivity (Wildman–Crippen MR) is 78.0 cm³/mol. The Morgan fingerprint density at radius 1 is 1.45 bits per heavy atom. The maximum Gasteiger partial charge on any atom is 0.116 e. The average molecular weight is 339 g/mol. The van der Waals surface area contributed by atoms with Crippen LogP contribution in [0.3, 0.4) is 0 Å². The zero-order valence-electron chi connectivity index (χ0n) is 11.4. The van der Waals surface area contributed by atoms with E-state index >= 15 is 0 Å². The molecule has 0 aromatic heterocycles. The second kappa shape index (κ2) is 8.09. The fraction of sp³-hybridized carbons (Fsp3) is 0.176. The SMILES string of the molecule is C#CC1C[C-]=C(c2ccc(OCC=C)cc2)NC1=C.[Y]. The summed E-state index contributed by atoms with van der Waals surface area (Å²) < 4.78 is 5.44. The van der Waals surface area contributed by atoms with Crippen LogP contribution in [0.25, 0.3) is 5.70 Å². The number of hydrogen-bond acceptors (Lipinski definition) is 2. The number of benzene rings is 1. The summed E-state index contributed by atoms with van der Waals surface area (Å²) in [6.45, 7) is 8.07. The average Bonchev–Trinajstić information content (AvgIpc) is 2.45. The summed E-state index contributed by atoms with van der Waals surface area (Å²) in [5, 5.41) is 3.21. The standard InChI is InChI=1S/C17H16NO.Y/c1-4-12-19-16-9-6-15(7-10-16)17-11-8-14(5-2)13(3)18-17;/h2,4,6-7,9-10,14,18H,1,3,8,12H2;/q-1;. The first-order chi connectivity index (χ1) is 9.24. The third-order valence-electron chi connectivity index (χ3n) is 2.90. The molecule has 0 fully saturated rings. The molecule has 0 saturated carbocycles. The Bertz CT molecular complexity index is 551. The molecule has 2 rings (SSSR count). The van der Waals surface area contributed by atoms with Crippen molar-refractivity contribution in [2.24, 2.45) is 5.92 Å². The van der Waals surface area contributed by atoms with Gasteiger partial charge in [-0.3, -0.25) is 0 Å². The maximum absolute atomic E-state index is 5.44. The number of hydrogen-bond donors (Lipinski definition) is 1. The molecule has 2 nitrogen and oxygen atoms in total. The Balaban J connectivity index is 0.00000200. The second-order valence-electron chi connectivity index (χ2n) is 4.25. The van der Waals surface area contributed by atoms with E-state index < -0.39 is 0 Å². The van der Waals surface area contributed by atoms with E-state index in [9.17, 15) is 0 Å². The predicted octanol–water partition coefficient (Wildman–Crippen LogP) is 3.15. The molecule has 3 heteroatoms. The third kappa shape index (κ3) is 4.10. The molecule has 99 valence electrons. The fourth-order valence-electron chi connectivity index (χ4n) is 1.83. The Kier molecular flexibility index (Phi) is 6.78. The van der Waals surface area contributed by atoms with Crippen LogP contribution in [-0.4, -0.2) is 6.61 Å². The fourth-order valence-corrected chi connectivity index (χ4v) is 1.83. The smallest absolute Gasteiger partial charge is 0.116 e. The number of rotatable bonds is 4. The van der Waals surface area contributed by atoms with Crippen molar-refractivity contribution in [3.05, 3.63) is 60.8 Å². The summed E-state index contributed by atoms with van der Waals surface area (Å²) in [6, 6.07) is 7.81. The first kappa shape index (κ1) is 16.8. The van der Waals surface area contributed by atoms with Crippen LogP contribution >= 0.6 is 0 Å². The van der Waals surface area contributed by atoms with E-state index in [4.69, 9.17) is 11.2 Å². The minimum Gasteiger partial charge on any atom is -0.490 e. The van der Waals surface area contributed by atoms with Crippen molar-refractivity contribution in [2.45, 2.75) is 6.42 Å². The van der Waals surface area contributed by atoms with Crippen molar-refractivity contribution < 1.29 is 37.4 Å². The minimum absolute atomic E-state index is 0. The second-order valence-corrected chi connectivity index (χ2v) is 4.25. The van der Waals surface area contributed by atoms with Crippen molar-refractivity contribution in [3.8, 4) is 18.1 Å². The van der Waals surface area contributed by atoms with Crippen LogP contribution in [0.4, 0.5) is 0 Å². The van der Waals surface area contributed by atoms with E-state index in [0.717, 1.165) is 22.7 Å². The van der Waals surface area contributed by atoms with Gasteiger partial charge < -0.3 is 10.1 Å². The van der Waals surface area contributed by atoms with Gasteiger partial charge in [0.15, 0.2) is 0 Å². The van der Waals surface area contributed by atoms with Gasteiger partial charge in [-0.25, -0.2) is 6.08 Å². The number of ether oxygens (including phenoxy) is 1. The summed E-state index contributed by atoms with van der Waals surface area (Å²) in [5.74, 6) is 3.54. The largest absolute Gasteiger partial charge is 0.490 e. The van der Waals surface area contributed by atoms with Crippen LogP contribution in [0.1, 0.15) is 12.0 Å². The zero-order valence-corrected chi connectivity index (χ0v) is 14.2. The molecule has 1 atom stereocenters. The van der Waals surface area contributed by atoms with Crippen molar-refractivity contribution >= 4 is 5.70 Å². The van der Waals surface area contributed by atoms with Crippen LogP contribution in [0, 0.1) is 24.3 Å². The van der Waals surface area contributed by atoms with Gasteiger partial charge in [0.05, 0.1) is 0 Å². The number of nitrogens with one attached hydrogen (secondary N) is 1. The van der Waals surface area contributed by atoms with Gasteiger partial charge in [0.1, 0.15) is 12.4 Å². The Morgan fingerprint density at radius 3 is 2.70 bits per heavy atom. The molecule has 0 amide bonds. The molecule has 0 bridgehead atoms. The molecule has 1 aliphatic heterocycles. The van der Waals surface area contributed by atoms with Crippen molar-refractivity contribution in [2.75, 3.05) is 6.61 Å². The van der Waals surface area contributed by atoms with Crippen LogP contribution in [-0.2, 0) is 32.7 Å².